The van der Waals surface area contributed by atoms with Gasteiger partial charge in [-0.25, -0.2) is 13.1 Å². The lowest BCUT2D eigenvalue weighted by molar-refractivity contribution is 0.0000737. The van der Waals surface area contributed by atoms with Crippen LogP contribution in [0.5, 0.6) is 11.5 Å². The number of rotatable bonds is 4. The molecule has 1 heterocycles. The summed E-state index contributed by atoms with van der Waals surface area (Å²) in [5.41, 5.74) is 0.595. The third-order valence-electron chi connectivity index (χ3n) is 5.67. The Morgan fingerprint density at radius 3 is 2.64 bits per heavy atom. The van der Waals surface area contributed by atoms with Crippen LogP contribution in [-0.4, -0.2) is 21.1 Å². The Bertz CT molecular complexity index is 970. The highest BCUT2D eigenvalue weighted by Gasteiger charge is 2.43. The van der Waals surface area contributed by atoms with E-state index in [0.29, 0.717) is 16.6 Å². The molecule has 0 bridgehead atoms. The monoisotopic (exact) mass is 465 g/mol. The van der Waals surface area contributed by atoms with Crippen molar-refractivity contribution in [2.75, 3.05) is 7.11 Å². The van der Waals surface area contributed by atoms with Gasteiger partial charge >= 0.3 is 0 Å². The number of hydrogen-bond acceptors (Lipinski definition) is 4. The first-order valence-corrected chi connectivity index (χ1v) is 11.8. The molecule has 1 aliphatic carbocycles. The maximum atomic E-state index is 13.3. The summed E-state index contributed by atoms with van der Waals surface area (Å²) in [6.07, 6.45) is 5.99. The molecule has 1 N–H and O–H groups in total. The molecule has 0 saturated heterocycles. The highest BCUT2D eigenvalue weighted by molar-refractivity contribution is 9.10. The van der Waals surface area contributed by atoms with E-state index in [0.717, 1.165) is 37.0 Å². The third-order valence-corrected chi connectivity index (χ3v) is 7.66. The molecule has 1 fully saturated rings. The summed E-state index contributed by atoms with van der Waals surface area (Å²) in [7, 11) is -2.31. The van der Waals surface area contributed by atoms with E-state index in [2.05, 4.69) is 20.7 Å². The van der Waals surface area contributed by atoms with Crippen LogP contribution in [0.3, 0.4) is 0 Å². The van der Waals surface area contributed by atoms with Crippen LogP contribution in [0.2, 0.25) is 0 Å². The van der Waals surface area contributed by atoms with Gasteiger partial charge in [0, 0.05) is 16.5 Å². The maximum Gasteiger partial charge on any atom is 0.244 e. The van der Waals surface area contributed by atoms with Crippen molar-refractivity contribution in [3.05, 3.63) is 52.5 Å². The first kappa shape index (κ1) is 19.7. The van der Waals surface area contributed by atoms with Gasteiger partial charge in [0.2, 0.25) is 10.0 Å². The predicted molar refractivity (Wildman–Crippen MR) is 111 cm³/mol. The quantitative estimate of drug-likeness (QED) is 0.692. The Morgan fingerprint density at radius 2 is 1.89 bits per heavy atom. The number of hydrogen-bond donors (Lipinski definition) is 1. The van der Waals surface area contributed by atoms with E-state index in [1.165, 1.54) is 13.5 Å². The average Bonchev–Trinajstić information content (AvgIpc) is 2.68. The van der Waals surface area contributed by atoms with E-state index in [1.54, 1.807) is 18.2 Å². The lowest BCUT2D eigenvalue weighted by Crippen LogP contribution is -2.46. The maximum absolute atomic E-state index is 13.3. The Hall–Kier alpha value is -1.57. The zero-order valence-corrected chi connectivity index (χ0v) is 18.2. The van der Waals surface area contributed by atoms with Crippen molar-refractivity contribution < 1.29 is 17.9 Å². The first-order valence-electron chi connectivity index (χ1n) is 9.56. The molecule has 1 aliphatic heterocycles. The smallest absolute Gasteiger partial charge is 0.244 e. The van der Waals surface area contributed by atoms with Crippen LogP contribution in [0.25, 0.3) is 0 Å². The van der Waals surface area contributed by atoms with Crippen molar-refractivity contribution in [3.8, 4) is 11.5 Å². The largest absolute Gasteiger partial charge is 0.495 e. The molecular weight excluding hydrogens is 442 g/mol. The van der Waals surface area contributed by atoms with Crippen LogP contribution in [0.4, 0.5) is 0 Å². The second-order valence-corrected chi connectivity index (χ2v) is 10.2. The fourth-order valence-electron chi connectivity index (χ4n) is 4.34. The standard InChI is InChI=1S/C21H24BrNO4S/c1-26-19-10-9-15(22)13-20(19)28(24,25)23-17-14-21(11-5-2-6-12-21)27-18-8-4-3-7-16(17)18/h3-4,7-10,13,17,23H,2,5-6,11-12,14H2,1H3/t17-/m0/s1. The zero-order chi connectivity index (χ0) is 19.8. The van der Waals surface area contributed by atoms with Crippen LogP contribution in [0.15, 0.2) is 51.8 Å². The van der Waals surface area contributed by atoms with Gasteiger partial charge in [-0.2, -0.15) is 0 Å². The summed E-state index contributed by atoms with van der Waals surface area (Å²) in [4.78, 5) is 0.131. The lowest BCUT2D eigenvalue weighted by atomic mass is 9.77. The second kappa shape index (κ2) is 7.69. The topological polar surface area (TPSA) is 64.6 Å². The van der Waals surface area contributed by atoms with E-state index >= 15 is 0 Å². The Morgan fingerprint density at radius 1 is 1.14 bits per heavy atom. The molecule has 2 aromatic carbocycles. The van der Waals surface area contributed by atoms with Crippen LogP contribution >= 0.6 is 15.9 Å². The number of methoxy groups -OCH3 is 1. The van der Waals surface area contributed by atoms with Crippen LogP contribution < -0.4 is 14.2 Å². The van der Waals surface area contributed by atoms with Gasteiger partial charge in [0.25, 0.3) is 0 Å². The molecule has 2 aliphatic rings. The lowest BCUT2D eigenvalue weighted by Gasteiger charge is -2.44. The molecule has 0 radical (unpaired) electrons. The van der Waals surface area contributed by atoms with E-state index in [4.69, 9.17) is 9.47 Å². The van der Waals surface area contributed by atoms with Crippen molar-refractivity contribution >= 4 is 26.0 Å². The van der Waals surface area contributed by atoms with Crippen LogP contribution in [0, 0.1) is 0 Å². The molecule has 7 heteroatoms. The normalized spacial score (nSPS) is 21.0. The molecule has 0 aromatic heterocycles. The third kappa shape index (κ3) is 3.80. The van der Waals surface area contributed by atoms with E-state index in [1.807, 2.05) is 24.3 Å². The summed E-state index contributed by atoms with van der Waals surface area (Å²) >= 11 is 3.36. The molecule has 2 aromatic rings. The summed E-state index contributed by atoms with van der Waals surface area (Å²) in [6, 6.07) is 12.4. The number of para-hydroxylation sites is 1. The Balaban J connectivity index is 1.71. The van der Waals surface area contributed by atoms with Crippen molar-refractivity contribution in [1.29, 1.82) is 0 Å². The molecule has 1 saturated carbocycles. The van der Waals surface area contributed by atoms with E-state index < -0.39 is 10.0 Å². The van der Waals surface area contributed by atoms with Crippen molar-refractivity contribution in [1.82, 2.24) is 4.72 Å². The second-order valence-electron chi connectivity index (χ2n) is 7.56. The number of sulfonamides is 1. The van der Waals surface area contributed by atoms with Gasteiger partial charge in [0.05, 0.1) is 13.2 Å². The van der Waals surface area contributed by atoms with Gasteiger partial charge in [-0.15, -0.1) is 0 Å². The average molecular weight is 466 g/mol. The van der Waals surface area contributed by atoms with E-state index in [-0.39, 0.29) is 16.5 Å². The van der Waals surface area contributed by atoms with Crippen molar-refractivity contribution in [2.45, 2.75) is 55.1 Å². The van der Waals surface area contributed by atoms with Crippen LogP contribution in [-0.2, 0) is 10.0 Å². The molecular formula is C21H24BrNO4S. The van der Waals surface area contributed by atoms with Gasteiger partial charge in [-0.05, 0) is 49.9 Å². The Labute approximate surface area is 174 Å². The number of halogens is 1. The van der Waals surface area contributed by atoms with Gasteiger partial charge < -0.3 is 9.47 Å². The SMILES string of the molecule is COc1ccc(Br)cc1S(=O)(=O)N[C@H]1CC2(CCCCC2)Oc2ccccc21. The first-order chi connectivity index (χ1) is 13.4. The van der Waals surface area contributed by atoms with Crippen molar-refractivity contribution in [3.63, 3.8) is 0 Å². The Kier molecular flexibility index (Phi) is 5.42. The molecule has 0 amide bonds. The fourth-order valence-corrected chi connectivity index (χ4v) is 6.26. The van der Waals surface area contributed by atoms with E-state index in [9.17, 15) is 8.42 Å². The van der Waals surface area contributed by atoms with Gasteiger partial charge in [-0.1, -0.05) is 40.5 Å². The molecule has 1 spiro atoms. The molecule has 150 valence electrons. The molecule has 4 rings (SSSR count). The summed E-state index contributed by atoms with van der Waals surface area (Å²) in [5, 5.41) is 0. The molecule has 1 atom stereocenters. The summed E-state index contributed by atoms with van der Waals surface area (Å²) < 4.78 is 41.8. The van der Waals surface area contributed by atoms with Crippen LogP contribution in [0.1, 0.15) is 50.1 Å². The number of fused-ring (bicyclic) bond motifs is 1. The van der Waals surface area contributed by atoms with Gasteiger partial charge in [0.1, 0.15) is 22.0 Å². The van der Waals surface area contributed by atoms with Gasteiger partial charge in [-0.3, -0.25) is 0 Å². The van der Waals surface area contributed by atoms with Crippen molar-refractivity contribution in [2.24, 2.45) is 0 Å². The minimum atomic E-state index is -3.78. The zero-order valence-electron chi connectivity index (χ0n) is 15.8. The number of nitrogens with one attached hydrogen (secondary N) is 1. The minimum Gasteiger partial charge on any atom is -0.495 e. The number of benzene rings is 2. The molecule has 28 heavy (non-hydrogen) atoms. The predicted octanol–water partition coefficient (Wildman–Crippen LogP) is 4.96. The summed E-state index contributed by atoms with van der Waals surface area (Å²) in [5.74, 6) is 1.10. The highest BCUT2D eigenvalue weighted by atomic mass is 79.9. The number of ether oxygens (including phenoxy) is 2. The molecule has 0 unspecified atom stereocenters. The van der Waals surface area contributed by atoms with Gasteiger partial charge in [0.15, 0.2) is 0 Å². The fraction of sp³-hybridized carbons (Fsp3) is 0.429. The minimum absolute atomic E-state index is 0.131. The summed E-state index contributed by atoms with van der Waals surface area (Å²) in [6.45, 7) is 0. The molecule has 5 nitrogen and oxygen atoms in total. The highest BCUT2D eigenvalue weighted by Crippen LogP contribution is 2.46.